The molecule has 4 rings (SSSR count). The molecule has 0 atom stereocenters. The second kappa shape index (κ2) is 7.19. The number of halogens is 1. The molecule has 0 bridgehead atoms. The van der Waals surface area contributed by atoms with Crippen LogP contribution in [0.2, 0.25) is 0 Å². The lowest BCUT2D eigenvalue weighted by Crippen LogP contribution is -2.37. The lowest BCUT2D eigenvalue weighted by molar-refractivity contribution is 0.0972. The van der Waals surface area contributed by atoms with Crippen LogP contribution >= 0.6 is 0 Å². The second-order valence-corrected chi connectivity index (χ2v) is 7.73. The zero-order valence-electron chi connectivity index (χ0n) is 17.9. The number of aromatic nitrogens is 5. The van der Waals surface area contributed by atoms with E-state index in [0.29, 0.717) is 22.5 Å². The molecule has 160 valence electrons. The number of rotatable bonds is 4. The van der Waals surface area contributed by atoms with Crippen molar-refractivity contribution in [2.75, 3.05) is 0 Å². The van der Waals surface area contributed by atoms with E-state index in [2.05, 4.69) is 4.98 Å². The van der Waals surface area contributed by atoms with Crippen molar-refractivity contribution < 1.29 is 9.18 Å². The molecular weight excluding hydrogens is 401 g/mol. The highest BCUT2D eigenvalue weighted by atomic mass is 19.1. The molecule has 4 aromatic rings. The van der Waals surface area contributed by atoms with E-state index in [1.807, 2.05) is 11.5 Å². The molecule has 0 unspecified atom stereocenters. The molecule has 1 aromatic carbocycles. The van der Waals surface area contributed by atoms with E-state index in [0.717, 1.165) is 10.3 Å². The summed E-state index contributed by atoms with van der Waals surface area (Å²) in [6.07, 6.45) is 1.39. The van der Waals surface area contributed by atoms with Gasteiger partial charge < -0.3 is 9.13 Å². The van der Waals surface area contributed by atoms with Crippen molar-refractivity contribution in [2.24, 2.45) is 14.1 Å². The third-order valence-electron chi connectivity index (χ3n) is 5.68. The first-order valence-corrected chi connectivity index (χ1v) is 9.71. The van der Waals surface area contributed by atoms with Gasteiger partial charge in [-0.05, 0) is 44.5 Å². The summed E-state index contributed by atoms with van der Waals surface area (Å²) < 4.78 is 19.6. The minimum absolute atomic E-state index is 0.115. The summed E-state index contributed by atoms with van der Waals surface area (Å²) in [5, 5.41) is 0. The van der Waals surface area contributed by atoms with Crippen LogP contribution in [0.5, 0.6) is 0 Å². The SMILES string of the molecule is Cc1ccc(-n2c(C)cc(C(=O)Cn3cnc4c3c(=O)n(C)c(=O)n4C)c2C)cc1F. The topological polar surface area (TPSA) is 83.8 Å². The van der Waals surface area contributed by atoms with Crippen LogP contribution in [-0.4, -0.2) is 29.0 Å². The van der Waals surface area contributed by atoms with Gasteiger partial charge in [0.15, 0.2) is 16.9 Å². The molecule has 0 spiro atoms. The molecule has 3 aromatic heterocycles. The Labute approximate surface area is 176 Å². The average Bonchev–Trinajstić information content (AvgIpc) is 3.27. The Morgan fingerprint density at radius 1 is 1.06 bits per heavy atom. The molecule has 0 saturated heterocycles. The van der Waals surface area contributed by atoms with Gasteiger partial charge in [-0.15, -0.1) is 0 Å². The zero-order chi connectivity index (χ0) is 22.6. The number of hydrogen-bond donors (Lipinski definition) is 0. The van der Waals surface area contributed by atoms with Crippen molar-refractivity contribution in [3.05, 3.63) is 79.8 Å². The normalized spacial score (nSPS) is 11.4. The molecule has 31 heavy (non-hydrogen) atoms. The first-order chi connectivity index (χ1) is 14.6. The Morgan fingerprint density at radius 2 is 1.77 bits per heavy atom. The Morgan fingerprint density at radius 3 is 2.45 bits per heavy atom. The first kappa shape index (κ1) is 20.5. The predicted molar refractivity (Wildman–Crippen MR) is 114 cm³/mol. The summed E-state index contributed by atoms with van der Waals surface area (Å²) in [5.74, 6) is -0.536. The molecular formula is C22H22FN5O3. The van der Waals surface area contributed by atoms with Gasteiger partial charge in [-0.25, -0.2) is 14.2 Å². The molecule has 0 N–H and O–H groups in total. The Kier molecular flexibility index (Phi) is 4.76. The highest BCUT2D eigenvalue weighted by Crippen LogP contribution is 2.23. The summed E-state index contributed by atoms with van der Waals surface area (Å²) in [4.78, 5) is 42.0. The molecule has 0 aliphatic heterocycles. The van der Waals surface area contributed by atoms with Gasteiger partial charge in [-0.2, -0.15) is 0 Å². The number of carbonyl (C=O) groups excluding carboxylic acids is 1. The fourth-order valence-electron chi connectivity index (χ4n) is 3.92. The van der Waals surface area contributed by atoms with E-state index in [9.17, 15) is 18.8 Å². The van der Waals surface area contributed by atoms with E-state index in [1.54, 1.807) is 32.0 Å². The number of hydrogen-bond acceptors (Lipinski definition) is 4. The van der Waals surface area contributed by atoms with Crippen LogP contribution in [0.3, 0.4) is 0 Å². The molecule has 0 fully saturated rings. The van der Waals surface area contributed by atoms with Crippen LogP contribution in [0.15, 0.2) is 40.2 Å². The Hall–Kier alpha value is -3.75. The molecule has 3 heterocycles. The van der Waals surface area contributed by atoms with Crippen molar-refractivity contribution in [1.82, 2.24) is 23.3 Å². The van der Waals surface area contributed by atoms with Gasteiger partial charge in [-0.1, -0.05) is 6.07 Å². The van der Waals surface area contributed by atoms with E-state index in [1.165, 1.54) is 35.6 Å². The molecule has 0 radical (unpaired) electrons. The van der Waals surface area contributed by atoms with Crippen molar-refractivity contribution >= 4 is 16.9 Å². The standard InChI is InChI=1S/C22H22FN5O3/c1-12-6-7-15(9-17(12)23)28-13(2)8-16(14(28)3)18(29)10-27-11-24-20-19(27)21(30)26(5)22(31)25(20)4/h6-9,11H,10H2,1-5H3. The van der Waals surface area contributed by atoms with E-state index >= 15 is 0 Å². The number of fused-ring (bicyclic) bond motifs is 1. The van der Waals surface area contributed by atoms with Crippen LogP contribution < -0.4 is 11.2 Å². The summed E-state index contributed by atoms with van der Waals surface area (Å²) in [6.45, 7) is 5.22. The number of nitrogens with zero attached hydrogens (tertiary/aromatic N) is 5. The van der Waals surface area contributed by atoms with E-state index < -0.39 is 11.2 Å². The monoisotopic (exact) mass is 423 g/mol. The minimum Gasteiger partial charge on any atom is -0.318 e. The second-order valence-electron chi connectivity index (χ2n) is 7.73. The molecule has 0 saturated carbocycles. The molecule has 0 aliphatic carbocycles. The van der Waals surface area contributed by atoms with Crippen LogP contribution in [0, 0.1) is 26.6 Å². The predicted octanol–water partition coefficient (Wildman–Crippen LogP) is 2.17. The molecule has 8 nitrogen and oxygen atoms in total. The third kappa shape index (κ3) is 3.13. The summed E-state index contributed by atoms with van der Waals surface area (Å²) in [7, 11) is 2.91. The number of aryl methyl sites for hydroxylation is 3. The Balaban J connectivity index is 1.76. The van der Waals surface area contributed by atoms with Crippen LogP contribution in [-0.2, 0) is 20.6 Å². The fourth-order valence-corrected chi connectivity index (χ4v) is 3.92. The summed E-state index contributed by atoms with van der Waals surface area (Å²) in [5.41, 5.74) is 2.54. The number of benzene rings is 1. The summed E-state index contributed by atoms with van der Waals surface area (Å²) >= 11 is 0. The molecule has 9 heteroatoms. The molecule has 0 aliphatic rings. The first-order valence-electron chi connectivity index (χ1n) is 9.71. The fraction of sp³-hybridized carbons (Fsp3) is 0.273. The smallest absolute Gasteiger partial charge is 0.318 e. The van der Waals surface area contributed by atoms with Gasteiger partial charge >= 0.3 is 5.69 Å². The molecule has 0 amide bonds. The zero-order valence-corrected chi connectivity index (χ0v) is 17.9. The third-order valence-corrected chi connectivity index (χ3v) is 5.68. The maximum atomic E-state index is 14.1. The van der Waals surface area contributed by atoms with Gasteiger partial charge in [0.2, 0.25) is 0 Å². The van der Waals surface area contributed by atoms with E-state index in [-0.39, 0.29) is 29.3 Å². The highest BCUT2D eigenvalue weighted by molar-refractivity contribution is 5.98. The van der Waals surface area contributed by atoms with E-state index in [4.69, 9.17) is 0 Å². The minimum atomic E-state index is -0.510. The van der Waals surface area contributed by atoms with Gasteiger partial charge in [0.25, 0.3) is 5.56 Å². The van der Waals surface area contributed by atoms with Crippen LogP contribution in [0.1, 0.15) is 27.3 Å². The lowest BCUT2D eigenvalue weighted by atomic mass is 10.1. The van der Waals surface area contributed by atoms with Crippen molar-refractivity contribution in [1.29, 1.82) is 0 Å². The van der Waals surface area contributed by atoms with Crippen molar-refractivity contribution in [3.63, 3.8) is 0 Å². The quantitative estimate of drug-likeness (QED) is 0.471. The number of Topliss-reactive ketones (excluding diaryl/α,β-unsaturated/α-hetero) is 1. The van der Waals surface area contributed by atoms with Crippen LogP contribution in [0.25, 0.3) is 16.9 Å². The number of imidazole rings is 1. The van der Waals surface area contributed by atoms with Crippen molar-refractivity contribution in [3.8, 4) is 5.69 Å². The van der Waals surface area contributed by atoms with Crippen LogP contribution in [0.4, 0.5) is 4.39 Å². The van der Waals surface area contributed by atoms with Gasteiger partial charge in [-0.3, -0.25) is 18.7 Å². The van der Waals surface area contributed by atoms with Gasteiger partial charge in [0.05, 0.1) is 12.9 Å². The summed E-state index contributed by atoms with van der Waals surface area (Å²) in [6, 6.07) is 6.70. The average molecular weight is 423 g/mol. The lowest BCUT2D eigenvalue weighted by Gasteiger charge is -2.11. The maximum Gasteiger partial charge on any atom is 0.332 e. The largest absolute Gasteiger partial charge is 0.332 e. The number of ketones is 1. The van der Waals surface area contributed by atoms with Crippen molar-refractivity contribution in [2.45, 2.75) is 27.3 Å². The maximum absolute atomic E-state index is 14.1. The Bertz CT molecular complexity index is 1490. The number of carbonyl (C=O) groups is 1. The van der Waals surface area contributed by atoms with Gasteiger partial charge in [0.1, 0.15) is 5.82 Å². The highest BCUT2D eigenvalue weighted by Gasteiger charge is 2.20. The van der Waals surface area contributed by atoms with Gasteiger partial charge in [0, 0.05) is 36.7 Å².